The number of ether oxygens (including phenoxy) is 1. The number of carbonyl (C=O) groups excluding carboxylic acids is 1. The van der Waals surface area contributed by atoms with E-state index in [1.807, 2.05) is 19.1 Å². The van der Waals surface area contributed by atoms with Crippen molar-refractivity contribution in [3.8, 4) is 0 Å². The molecule has 1 aromatic heterocycles. The van der Waals surface area contributed by atoms with Crippen molar-refractivity contribution in [1.29, 1.82) is 0 Å². The third kappa shape index (κ3) is 2.73. The molecule has 1 aromatic rings. The maximum atomic E-state index is 11.7. The van der Waals surface area contributed by atoms with Crippen LogP contribution >= 0.6 is 0 Å². The largest absolute Gasteiger partial charge is 0.462 e. The van der Waals surface area contributed by atoms with Crippen molar-refractivity contribution in [2.24, 2.45) is 0 Å². The quantitative estimate of drug-likeness (QED) is 0.710. The second kappa shape index (κ2) is 4.99. The molecule has 1 amide bonds. The topological polar surface area (TPSA) is 42.7 Å². The average Bonchev–Trinajstić information content (AvgIpc) is 2.73. The van der Waals surface area contributed by atoms with Crippen LogP contribution in [0.2, 0.25) is 0 Å². The van der Waals surface area contributed by atoms with Gasteiger partial charge in [-0.05, 0) is 25.1 Å². The normalized spacial score (nSPS) is 16.9. The van der Waals surface area contributed by atoms with Gasteiger partial charge in [0, 0.05) is 19.2 Å². The Kier molecular flexibility index (Phi) is 3.41. The van der Waals surface area contributed by atoms with E-state index in [1.165, 1.54) is 0 Å². The summed E-state index contributed by atoms with van der Waals surface area (Å²) in [7, 11) is 0. The van der Waals surface area contributed by atoms with E-state index in [4.69, 9.17) is 9.15 Å². The molecule has 4 heteroatoms. The zero-order valence-corrected chi connectivity index (χ0v) is 9.31. The van der Waals surface area contributed by atoms with Gasteiger partial charge in [0.25, 0.3) is 0 Å². The minimum absolute atomic E-state index is 0.0114. The van der Waals surface area contributed by atoms with E-state index < -0.39 is 0 Å². The molecule has 86 valence electrons. The van der Waals surface area contributed by atoms with Gasteiger partial charge in [-0.1, -0.05) is 0 Å². The van der Waals surface area contributed by atoms with Gasteiger partial charge < -0.3 is 14.1 Å². The van der Waals surface area contributed by atoms with Crippen LogP contribution in [0.15, 0.2) is 22.6 Å². The van der Waals surface area contributed by atoms with E-state index in [0.29, 0.717) is 32.1 Å². The van der Waals surface area contributed by atoms with Gasteiger partial charge in [-0.2, -0.15) is 0 Å². The molecule has 4 nitrogen and oxygen atoms in total. The van der Waals surface area contributed by atoms with Crippen molar-refractivity contribution in [2.75, 3.05) is 26.3 Å². The predicted molar refractivity (Wildman–Crippen MR) is 59.9 cm³/mol. The number of aryl methyl sites for hydroxylation is 1. The third-order valence-corrected chi connectivity index (χ3v) is 2.47. The van der Waals surface area contributed by atoms with Gasteiger partial charge in [0.1, 0.15) is 11.5 Å². The lowest BCUT2D eigenvalue weighted by Gasteiger charge is -2.25. The number of hydrogen-bond acceptors (Lipinski definition) is 3. The maximum absolute atomic E-state index is 11.7. The van der Waals surface area contributed by atoms with Gasteiger partial charge in [-0.3, -0.25) is 4.79 Å². The number of hydrogen-bond donors (Lipinski definition) is 0. The summed E-state index contributed by atoms with van der Waals surface area (Å²) in [4.78, 5) is 13.5. The first-order valence-corrected chi connectivity index (χ1v) is 5.37. The molecule has 2 rings (SSSR count). The Morgan fingerprint density at radius 1 is 1.38 bits per heavy atom. The molecule has 16 heavy (non-hydrogen) atoms. The molecule has 1 fully saturated rings. The van der Waals surface area contributed by atoms with E-state index in [0.717, 1.165) is 5.76 Å². The highest BCUT2D eigenvalue weighted by Crippen LogP contribution is 2.08. The number of amides is 1. The van der Waals surface area contributed by atoms with Crippen LogP contribution < -0.4 is 0 Å². The van der Waals surface area contributed by atoms with Crippen LogP contribution in [0.25, 0.3) is 6.08 Å². The fourth-order valence-electron chi connectivity index (χ4n) is 1.59. The lowest BCUT2D eigenvalue weighted by molar-refractivity contribution is -0.129. The molecular formula is C12H15NO3. The second-order valence-corrected chi connectivity index (χ2v) is 3.72. The first-order valence-electron chi connectivity index (χ1n) is 5.37. The summed E-state index contributed by atoms with van der Waals surface area (Å²) in [5.41, 5.74) is 0. The van der Waals surface area contributed by atoms with Crippen LogP contribution in [-0.2, 0) is 9.53 Å². The lowest BCUT2D eigenvalue weighted by atomic mass is 10.3. The summed E-state index contributed by atoms with van der Waals surface area (Å²) < 4.78 is 10.5. The van der Waals surface area contributed by atoms with Crippen molar-refractivity contribution >= 4 is 12.0 Å². The number of carbonyl (C=O) groups is 1. The Morgan fingerprint density at radius 2 is 2.12 bits per heavy atom. The van der Waals surface area contributed by atoms with Crippen LogP contribution in [0, 0.1) is 6.92 Å². The van der Waals surface area contributed by atoms with Crippen molar-refractivity contribution in [3.05, 3.63) is 29.7 Å². The van der Waals surface area contributed by atoms with E-state index in [2.05, 4.69) is 0 Å². The van der Waals surface area contributed by atoms with Crippen molar-refractivity contribution < 1.29 is 13.9 Å². The van der Waals surface area contributed by atoms with Crippen LogP contribution in [0.3, 0.4) is 0 Å². The summed E-state index contributed by atoms with van der Waals surface area (Å²) >= 11 is 0. The van der Waals surface area contributed by atoms with Gasteiger partial charge in [0.05, 0.1) is 13.2 Å². The highest BCUT2D eigenvalue weighted by Gasteiger charge is 2.13. The van der Waals surface area contributed by atoms with E-state index in [1.54, 1.807) is 17.1 Å². The molecular weight excluding hydrogens is 206 g/mol. The van der Waals surface area contributed by atoms with Crippen molar-refractivity contribution in [1.82, 2.24) is 4.90 Å². The summed E-state index contributed by atoms with van der Waals surface area (Å²) in [6.07, 6.45) is 3.24. The Hall–Kier alpha value is -1.55. The van der Waals surface area contributed by atoms with Crippen LogP contribution in [-0.4, -0.2) is 37.1 Å². The average molecular weight is 221 g/mol. The SMILES string of the molecule is Cc1ccc(/C=C\C(=O)N2CCOCC2)o1. The zero-order chi connectivity index (χ0) is 11.4. The summed E-state index contributed by atoms with van der Waals surface area (Å²) in [5, 5.41) is 0. The third-order valence-electron chi connectivity index (χ3n) is 2.47. The Balaban J connectivity index is 1.93. The fraction of sp³-hybridized carbons (Fsp3) is 0.417. The molecule has 0 spiro atoms. The maximum Gasteiger partial charge on any atom is 0.246 e. The van der Waals surface area contributed by atoms with Crippen LogP contribution in [0.4, 0.5) is 0 Å². The fourth-order valence-corrected chi connectivity index (χ4v) is 1.59. The Labute approximate surface area is 94.5 Å². The molecule has 1 saturated heterocycles. The van der Waals surface area contributed by atoms with E-state index in [-0.39, 0.29) is 5.91 Å². The summed E-state index contributed by atoms with van der Waals surface area (Å²) in [5.74, 6) is 1.56. The van der Waals surface area contributed by atoms with Gasteiger partial charge in [0.15, 0.2) is 0 Å². The highest BCUT2D eigenvalue weighted by atomic mass is 16.5. The summed E-state index contributed by atoms with van der Waals surface area (Å²) in [6.45, 7) is 4.46. The number of rotatable bonds is 2. The molecule has 0 atom stereocenters. The zero-order valence-electron chi connectivity index (χ0n) is 9.31. The minimum atomic E-state index is 0.0114. The van der Waals surface area contributed by atoms with E-state index in [9.17, 15) is 4.79 Å². The Morgan fingerprint density at radius 3 is 2.75 bits per heavy atom. The first kappa shape index (κ1) is 11.0. The summed E-state index contributed by atoms with van der Waals surface area (Å²) in [6, 6.07) is 3.72. The smallest absolute Gasteiger partial charge is 0.246 e. The van der Waals surface area contributed by atoms with Gasteiger partial charge >= 0.3 is 0 Å². The van der Waals surface area contributed by atoms with Gasteiger partial charge in [-0.25, -0.2) is 0 Å². The molecule has 0 N–H and O–H groups in total. The lowest BCUT2D eigenvalue weighted by Crippen LogP contribution is -2.39. The van der Waals surface area contributed by atoms with Crippen LogP contribution in [0.1, 0.15) is 11.5 Å². The molecule has 2 heterocycles. The molecule has 0 saturated carbocycles. The standard InChI is InChI=1S/C12H15NO3/c1-10-2-3-11(16-10)4-5-12(14)13-6-8-15-9-7-13/h2-5H,6-9H2,1H3/b5-4-. The molecule has 0 unspecified atom stereocenters. The molecule has 0 aliphatic carbocycles. The van der Waals surface area contributed by atoms with Gasteiger partial charge in [-0.15, -0.1) is 0 Å². The first-order chi connectivity index (χ1) is 7.75. The van der Waals surface area contributed by atoms with Crippen LogP contribution in [0.5, 0.6) is 0 Å². The Bertz CT molecular complexity index is 389. The highest BCUT2D eigenvalue weighted by molar-refractivity contribution is 5.91. The molecule has 0 aromatic carbocycles. The molecule has 0 bridgehead atoms. The predicted octanol–water partition coefficient (Wildman–Crippen LogP) is 1.46. The monoisotopic (exact) mass is 221 g/mol. The van der Waals surface area contributed by atoms with Gasteiger partial charge in [0.2, 0.25) is 5.91 Å². The number of furan rings is 1. The molecule has 0 radical (unpaired) electrons. The number of morpholine rings is 1. The molecule has 1 aliphatic heterocycles. The number of nitrogens with zero attached hydrogens (tertiary/aromatic N) is 1. The molecule has 1 aliphatic rings. The second-order valence-electron chi connectivity index (χ2n) is 3.72. The van der Waals surface area contributed by atoms with E-state index >= 15 is 0 Å². The van der Waals surface area contributed by atoms with Crippen molar-refractivity contribution in [3.63, 3.8) is 0 Å². The van der Waals surface area contributed by atoms with Crippen molar-refractivity contribution in [2.45, 2.75) is 6.92 Å². The minimum Gasteiger partial charge on any atom is -0.462 e.